The second kappa shape index (κ2) is 9.07. The molecule has 0 radical (unpaired) electrons. The van der Waals surface area contributed by atoms with Gasteiger partial charge in [0.25, 0.3) is 5.91 Å². The summed E-state index contributed by atoms with van der Waals surface area (Å²) in [7, 11) is 3.89. The molecule has 28 heavy (non-hydrogen) atoms. The number of carbonyl (C=O) groups is 1. The highest BCUT2D eigenvalue weighted by Gasteiger charge is 2.21. The fourth-order valence-corrected chi connectivity index (χ4v) is 3.69. The molecule has 0 aliphatic heterocycles. The zero-order valence-corrected chi connectivity index (χ0v) is 16.5. The van der Waals surface area contributed by atoms with E-state index in [0.717, 1.165) is 6.54 Å². The Hall–Kier alpha value is -2.58. The Kier molecular flexibility index (Phi) is 6.53. The van der Waals surface area contributed by atoms with Crippen LogP contribution in [0.15, 0.2) is 42.5 Å². The molecule has 0 aliphatic rings. The summed E-state index contributed by atoms with van der Waals surface area (Å²) in [6, 6.07) is 10.6. The SMILES string of the molecule is CN(C)CCCN(C(=O)COc1ccccc1F)c1nc2c(F)cccc2s1. The molecule has 1 heterocycles. The summed E-state index contributed by atoms with van der Waals surface area (Å²) in [6.45, 7) is 0.845. The van der Waals surface area contributed by atoms with E-state index in [2.05, 4.69) is 4.98 Å². The number of ether oxygens (including phenoxy) is 1. The molecule has 8 heteroatoms. The Morgan fingerprint density at radius 3 is 2.54 bits per heavy atom. The van der Waals surface area contributed by atoms with Crippen molar-refractivity contribution < 1.29 is 18.3 Å². The first-order valence-electron chi connectivity index (χ1n) is 8.83. The molecule has 0 spiro atoms. The lowest BCUT2D eigenvalue weighted by Crippen LogP contribution is -2.37. The van der Waals surface area contributed by atoms with Gasteiger partial charge in [-0.2, -0.15) is 0 Å². The van der Waals surface area contributed by atoms with Crippen molar-refractivity contribution in [3.05, 3.63) is 54.1 Å². The number of hydrogen-bond donors (Lipinski definition) is 0. The quantitative estimate of drug-likeness (QED) is 0.570. The van der Waals surface area contributed by atoms with E-state index >= 15 is 0 Å². The molecule has 5 nitrogen and oxygen atoms in total. The lowest BCUT2D eigenvalue weighted by atomic mass is 10.3. The van der Waals surface area contributed by atoms with Crippen LogP contribution in [0.2, 0.25) is 0 Å². The Morgan fingerprint density at radius 2 is 1.82 bits per heavy atom. The summed E-state index contributed by atoms with van der Waals surface area (Å²) >= 11 is 1.24. The predicted octanol–water partition coefficient (Wildman–Crippen LogP) is 3.94. The minimum atomic E-state index is -0.531. The summed E-state index contributed by atoms with van der Waals surface area (Å²) in [5, 5.41) is 0.404. The molecule has 0 bridgehead atoms. The number of benzene rings is 2. The van der Waals surface area contributed by atoms with Gasteiger partial charge in [-0.15, -0.1) is 0 Å². The molecule has 1 aromatic heterocycles. The molecule has 3 rings (SSSR count). The lowest BCUT2D eigenvalue weighted by molar-refractivity contribution is -0.120. The molecule has 0 saturated heterocycles. The van der Waals surface area contributed by atoms with Gasteiger partial charge in [0.1, 0.15) is 11.3 Å². The van der Waals surface area contributed by atoms with Crippen molar-refractivity contribution in [2.45, 2.75) is 6.42 Å². The summed E-state index contributed by atoms with van der Waals surface area (Å²) in [4.78, 5) is 20.6. The van der Waals surface area contributed by atoms with Crippen molar-refractivity contribution in [3.63, 3.8) is 0 Å². The molecule has 1 amide bonds. The number of thiazole rings is 1. The highest BCUT2D eigenvalue weighted by molar-refractivity contribution is 7.22. The molecule has 3 aromatic rings. The molecular weight excluding hydrogens is 384 g/mol. The van der Waals surface area contributed by atoms with Gasteiger partial charge < -0.3 is 9.64 Å². The van der Waals surface area contributed by atoms with E-state index in [4.69, 9.17) is 4.74 Å². The number of fused-ring (bicyclic) bond motifs is 1. The maximum absolute atomic E-state index is 14.0. The van der Waals surface area contributed by atoms with E-state index in [0.29, 0.717) is 22.8 Å². The standard InChI is InChI=1S/C20H21F2N3O2S/c1-24(2)11-6-12-25(18(26)13-27-16-9-4-3-7-14(16)21)20-23-19-15(22)8-5-10-17(19)28-20/h3-5,7-10H,6,11-13H2,1-2H3. The maximum atomic E-state index is 14.0. The first-order valence-corrected chi connectivity index (χ1v) is 9.65. The summed E-state index contributed by atoms with van der Waals surface area (Å²) < 4.78 is 33.8. The summed E-state index contributed by atoms with van der Waals surface area (Å²) in [5.74, 6) is -1.30. The van der Waals surface area contributed by atoms with Gasteiger partial charge in [-0.3, -0.25) is 9.69 Å². The van der Waals surface area contributed by atoms with Crippen LogP contribution >= 0.6 is 11.3 Å². The minimum absolute atomic E-state index is 0.0134. The van der Waals surface area contributed by atoms with Gasteiger partial charge >= 0.3 is 0 Å². The number of nitrogens with zero attached hydrogens (tertiary/aromatic N) is 3. The van der Waals surface area contributed by atoms with Crippen LogP contribution in [0, 0.1) is 11.6 Å². The van der Waals surface area contributed by atoms with Crippen LogP contribution in [0.25, 0.3) is 10.2 Å². The maximum Gasteiger partial charge on any atom is 0.266 e. The van der Waals surface area contributed by atoms with Crippen molar-refractivity contribution in [2.24, 2.45) is 0 Å². The summed E-state index contributed by atoms with van der Waals surface area (Å²) in [6.07, 6.45) is 0.705. The van der Waals surface area contributed by atoms with Gasteiger partial charge in [-0.05, 0) is 51.3 Å². The molecule has 0 N–H and O–H groups in total. The van der Waals surface area contributed by atoms with Crippen LogP contribution < -0.4 is 9.64 Å². The number of rotatable bonds is 8. The van der Waals surface area contributed by atoms with Crippen LogP contribution in [-0.4, -0.2) is 49.6 Å². The van der Waals surface area contributed by atoms with E-state index < -0.39 is 11.6 Å². The number of amides is 1. The fraction of sp³-hybridized carbons (Fsp3) is 0.300. The van der Waals surface area contributed by atoms with Gasteiger partial charge in [-0.25, -0.2) is 13.8 Å². The third-order valence-corrected chi connectivity index (χ3v) is 5.11. The molecule has 0 fully saturated rings. The van der Waals surface area contributed by atoms with Crippen LogP contribution in [-0.2, 0) is 4.79 Å². The monoisotopic (exact) mass is 405 g/mol. The Balaban J connectivity index is 1.79. The van der Waals surface area contributed by atoms with E-state index in [1.165, 1.54) is 34.4 Å². The Bertz CT molecular complexity index is 962. The molecular formula is C20H21F2N3O2S. The van der Waals surface area contributed by atoms with Gasteiger partial charge in [0, 0.05) is 6.54 Å². The number of anilines is 1. The number of carbonyl (C=O) groups excluding carboxylic acids is 1. The van der Waals surface area contributed by atoms with Crippen molar-refractivity contribution in [1.29, 1.82) is 0 Å². The van der Waals surface area contributed by atoms with Crippen molar-refractivity contribution >= 4 is 32.6 Å². The molecule has 2 aromatic carbocycles. The number of para-hydroxylation sites is 2. The van der Waals surface area contributed by atoms with Gasteiger partial charge in [-0.1, -0.05) is 29.5 Å². The number of hydrogen-bond acceptors (Lipinski definition) is 5. The second-order valence-corrected chi connectivity index (χ2v) is 7.51. The Labute approximate surface area is 166 Å². The molecule has 0 saturated carbocycles. The zero-order valence-electron chi connectivity index (χ0n) is 15.7. The van der Waals surface area contributed by atoms with Crippen molar-refractivity contribution in [1.82, 2.24) is 9.88 Å². The van der Waals surface area contributed by atoms with E-state index in [1.54, 1.807) is 24.3 Å². The van der Waals surface area contributed by atoms with Gasteiger partial charge in [0.15, 0.2) is 23.3 Å². The van der Waals surface area contributed by atoms with Crippen LogP contribution in [0.3, 0.4) is 0 Å². The third-order valence-electron chi connectivity index (χ3n) is 4.07. The van der Waals surface area contributed by atoms with Crippen molar-refractivity contribution in [2.75, 3.05) is 38.7 Å². The van der Waals surface area contributed by atoms with E-state index in [1.807, 2.05) is 19.0 Å². The molecule has 0 atom stereocenters. The normalized spacial score (nSPS) is 11.2. The first-order chi connectivity index (χ1) is 13.5. The Morgan fingerprint density at radius 1 is 1.07 bits per heavy atom. The average molecular weight is 405 g/mol. The second-order valence-electron chi connectivity index (χ2n) is 6.50. The topological polar surface area (TPSA) is 45.7 Å². The van der Waals surface area contributed by atoms with Crippen LogP contribution in [0.4, 0.5) is 13.9 Å². The van der Waals surface area contributed by atoms with Crippen molar-refractivity contribution in [3.8, 4) is 5.75 Å². The molecule has 0 aliphatic carbocycles. The molecule has 148 valence electrons. The highest BCUT2D eigenvalue weighted by atomic mass is 32.1. The number of aromatic nitrogens is 1. The smallest absolute Gasteiger partial charge is 0.266 e. The van der Waals surface area contributed by atoms with Crippen LogP contribution in [0.5, 0.6) is 5.75 Å². The molecule has 0 unspecified atom stereocenters. The largest absolute Gasteiger partial charge is 0.481 e. The fourth-order valence-electron chi connectivity index (χ4n) is 2.67. The van der Waals surface area contributed by atoms with Gasteiger partial charge in [0.05, 0.1) is 4.70 Å². The predicted molar refractivity (Wildman–Crippen MR) is 107 cm³/mol. The van der Waals surface area contributed by atoms with Gasteiger partial charge in [0.2, 0.25) is 0 Å². The van der Waals surface area contributed by atoms with E-state index in [-0.39, 0.29) is 23.8 Å². The average Bonchev–Trinajstić information content (AvgIpc) is 3.09. The summed E-state index contributed by atoms with van der Waals surface area (Å²) in [5.41, 5.74) is 0.239. The first kappa shape index (κ1) is 20.2. The lowest BCUT2D eigenvalue weighted by Gasteiger charge is -2.21. The minimum Gasteiger partial charge on any atom is -0.481 e. The van der Waals surface area contributed by atoms with Crippen LogP contribution in [0.1, 0.15) is 6.42 Å². The zero-order chi connectivity index (χ0) is 20.1. The number of halogens is 2. The third kappa shape index (κ3) is 4.82. The highest BCUT2D eigenvalue weighted by Crippen LogP contribution is 2.30. The van der Waals surface area contributed by atoms with E-state index in [9.17, 15) is 13.6 Å².